The van der Waals surface area contributed by atoms with Crippen LogP contribution in [0.25, 0.3) is 0 Å². The SMILES string of the molecule is CC(C)C(C(=O)O)(C(NS)c1cccc(Oc2ccccc2)c1)C(C)(C)C=C(Cl)Cl. The van der Waals surface area contributed by atoms with Crippen molar-refractivity contribution in [1.29, 1.82) is 0 Å². The first kappa shape index (κ1) is 24.6. The molecule has 2 unspecified atom stereocenters. The summed E-state index contributed by atoms with van der Waals surface area (Å²) >= 11 is 16.2. The van der Waals surface area contributed by atoms with Gasteiger partial charge in [-0.3, -0.25) is 9.52 Å². The van der Waals surface area contributed by atoms with Crippen LogP contribution in [0.5, 0.6) is 11.5 Å². The topological polar surface area (TPSA) is 58.6 Å². The van der Waals surface area contributed by atoms with E-state index in [1.807, 2.05) is 82.3 Å². The Morgan fingerprint density at radius 1 is 1.10 bits per heavy atom. The molecule has 0 aliphatic heterocycles. The lowest BCUT2D eigenvalue weighted by Crippen LogP contribution is -2.54. The summed E-state index contributed by atoms with van der Waals surface area (Å²) in [7, 11) is 0. The second-order valence-electron chi connectivity index (χ2n) is 8.03. The minimum atomic E-state index is -1.32. The predicted octanol–water partition coefficient (Wildman–Crippen LogP) is 7.03. The van der Waals surface area contributed by atoms with Gasteiger partial charge in [-0.1, -0.05) is 94.0 Å². The number of aliphatic carboxylic acids is 1. The average molecular weight is 468 g/mol. The third-order valence-electron chi connectivity index (χ3n) is 5.56. The summed E-state index contributed by atoms with van der Waals surface area (Å²) in [6.45, 7) is 7.37. The van der Waals surface area contributed by atoms with Gasteiger partial charge < -0.3 is 9.84 Å². The number of hydrogen-bond donors (Lipinski definition) is 3. The fourth-order valence-electron chi connectivity index (χ4n) is 4.31. The lowest BCUT2D eigenvalue weighted by Gasteiger charge is -2.49. The summed E-state index contributed by atoms with van der Waals surface area (Å²) in [6, 6.07) is 16.0. The molecule has 0 saturated heterocycles. The van der Waals surface area contributed by atoms with Crippen LogP contribution in [0, 0.1) is 16.7 Å². The molecule has 162 valence electrons. The van der Waals surface area contributed by atoms with Crippen molar-refractivity contribution in [3.05, 3.63) is 70.7 Å². The largest absolute Gasteiger partial charge is 0.481 e. The van der Waals surface area contributed by atoms with E-state index >= 15 is 0 Å². The molecule has 7 heteroatoms. The maximum atomic E-state index is 12.8. The predicted molar refractivity (Wildman–Crippen MR) is 126 cm³/mol. The Hall–Kier alpha value is -1.66. The maximum Gasteiger partial charge on any atom is 0.312 e. The highest BCUT2D eigenvalue weighted by Crippen LogP contribution is 2.55. The van der Waals surface area contributed by atoms with Gasteiger partial charge in [-0.05, 0) is 41.8 Å². The van der Waals surface area contributed by atoms with E-state index in [0.717, 1.165) is 5.56 Å². The Bertz CT molecular complexity index is 898. The molecular weight excluding hydrogens is 441 g/mol. The zero-order valence-electron chi connectivity index (χ0n) is 17.4. The number of allylic oxidation sites excluding steroid dienone is 1. The van der Waals surface area contributed by atoms with Gasteiger partial charge in [0.15, 0.2) is 0 Å². The molecule has 0 radical (unpaired) electrons. The molecule has 30 heavy (non-hydrogen) atoms. The van der Waals surface area contributed by atoms with E-state index in [4.69, 9.17) is 27.9 Å². The summed E-state index contributed by atoms with van der Waals surface area (Å²) in [6.07, 6.45) is 1.58. The van der Waals surface area contributed by atoms with Crippen molar-refractivity contribution in [2.45, 2.75) is 33.7 Å². The van der Waals surface area contributed by atoms with Crippen molar-refractivity contribution in [2.75, 3.05) is 0 Å². The van der Waals surface area contributed by atoms with E-state index in [0.29, 0.717) is 11.5 Å². The van der Waals surface area contributed by atoms with Gasteiger partial charge in [-0.15, -0.1) is 0 Å². The average Bonchev–Trinajstić information content (AvgIpc) is 2.65. The van der Waals surface area contributed by atoms with Crippen molar-refractivity contribution in [3.8, 4) is 11.5 Å². The van der Waals surface area contributed by atoms with Crippen LogP contribution in [-0.2, 0) is 4.79 Å². The number of rotatable bonds is 9. The fourth-order valence-corrected chi connectivity index (χ4v) is 5.21. The molecule has 0 aromatic heterocycles. The third-order valence-corrected chi connectivity index (χ3v) is 6.03. The molecule has 0 bridgehead atoms. The highest BCUT2D eigenvalue weighted by molar-refractivity contribution is 7.78. The molecule has 0 spiro atoms. The number of benzene rings is 2. The number of thiol groups is 1. The Morgan fingerprint density at radius 2 is 1.70 bits per heavy atom. The number of carboxylic acid groups (broad SMARTS) is 1. The van der Waals surface area contributed by atoms with E-state index in [1.54, 1.807) is 6.08 Å². The number of carbonyl (C=O) groups is 1. The lowest BCUT2D eigenvalue weighted by atomic mass is 9.55. The van der Waals surface area contributed by atoms with Crippen molar-refractivity contribution < 1.29 is 14.6 Å². The lowest BCUT2D eigenvalue weighted by molar-refractivity contribution is -0.163. The smallest absolute Gasteiger partial charge is 0.312 e. The monoisotopic (exact) mass is 467 g/mol. The van der Waals surface area contributed by atoms with Gasteiger partial charge in [0.2, 0.25) is 0 Å². The van der Waals surface area contributed by atoms with E-state index in [2.05, 4.69) is 17.5 Å². The van der Waals surface area contributed by atoms with Gasteiger partial charge in [0, 0.05) is 5.41 Å². The molecule has 0 fully saturated rings. The summed E-state index contributed by atoms with van der Waals surface area (Å²) in [5.41, 5.74) is -1.51. The molecule has 2 rings (SSSR count). The van der Waals surface area contributed by atoms with Gasteiger partial charge in [0.05, 0.1) is 11.5 Å². The van der Waals surface area contributed by atoms with Crippen LogP contribution in [0.1, 0.15) is 39.3 Å². The van der Waals surface area contributed by atoms with E-state index in [-0.39, 0.29) is 10.4 Å². The first-order valence-electron chi connectivity index (χ1n) is 9.56. The third kappa shape index (κ3) is 4.97. The Morgan fingerprint density at radius 3 is 2.20 bits per heavy atom. The molecule has 2 aromatic carbocycles. The van der Waals surface area contributed by atoms with Gasteiger partial charge in [0.1, 0.15) is 16.0 Å². The number of ether oxygens (including phenoxy) is 1. The minimum Gasteiger partial charge on any atom is -0.481 e. The first-order valence-corrected chi connectivity index (χ1v) is 10.8. The quantitative estimate of drug-likeness (QED) is 0.346. The highest BCUT2D eigenvalue weighted by Gasteiger charge is 2.58. The Kier molecular flexibility index (Phi) is 8.28. The van der Waals surface area contributed by atoms with Crippen LogP contribution in [0.2, 0.25) is 0 Å². The van der Waals surface area contributed by atoms with Crippen molar-refractivity contribution in [1.82, 2.24) is 4.72 Å². The van der Waals surface area contributed by atoms with Gasteiger partial charge >= 0.3 is 5.97 Å². The molecule has 0 heterocycles. The zero-order valence-corrected chi connectivity index (χ0v) is 19.8. The van der Waals surface area contributed by atoms with Crippen LogP contribution in [0.3, 0.4) is 0 Å². The first-order chi connectivity index (χ1) is 14.1. The van der Waals surface area contributed by atoms with Crippen LogP contribution in [0.15, 0.2) is 65.2 Å². The molecule has 0 aliphatic rings. The van der Waals surface area contributed by atoms with Gasteiger partial charge in [-0.25, -0.2) is 0 Å². The molecule has 4 nitrogen and oxygen atoms in total. The number of nitrogens with one attached hydrogen (secondary N) is 1. The summed E-state index contributed by atoms with van der Waals surface area (Å²) < 4.78 is 8.90. The molecule has 0 saturated carbocycles. The summed E-state index contributed by atoms with van der Waals surface area (Å²) in [4.78, 5) is 12.8. The molecule has 0 amide bonds. The second-order valence-corrected chi connectivity index (χ2v) is 9.30. The number of carboxylic acids is 1. The van der Waals surface area contributed by atoms with E-state index in [9.17, 15) is 9.90 Å². The molecule has 0 aliphatic carbocycles. The van der Waals surface area contributed by atoms with Crippen LogP contribution in [-0.4, -0.2) is 11.1 Å². The van der Waals surface area contributed by atoms with Crippen LogP contribution in [0.4, 0.5) is 0 Å². The van der Waals surface area contributed by atoms with Crippen molar-refractivity contribution in [2.24, 2.45) is 16.7 Å². The van der Waals surface area contributed by atoms with Gasteiger partial charge in [-0.2, -0.15) is 0 Å². The Balaban J connectivity index is 2.61. The zero-order chi connectivity index (χ0) is 22.5. The fraction of sp³-hybridized carbons (Fsp3) is 0.348. The standard InChI is InChI=1S/C23H27Cl2NO3S/c1-15(2)23(21(27)28,22(3,4)14-19(24)25)20(26-30)16-9-8-12-18(13-16)29-17-10-6-5-7-11-17/h5-15,20,26,30H,1-4H3,(H,27,28). The van der Waals surface area contributed by atoms with Crippen LogP contribution >= 0.6 is 36.0 Å². The van der Waals surface area contributed by atoms with Crippen molar-refractivity contribution >= 4 is 42.0 Å². The highest BCUT2D eigenvalue weighted by atomic mass is 35.5. The van der Waals surface area contributed by atoms with E-state index < -0.39 is 22.8 Å². The Labute approximate surface area is 193 Å². The minimum absolute atomic E-state index is 0.0188. The molecule has 2 aromatic rings. The van der Waals surface area contributed by atoms with Gasteiger partial charge in [0.25, 0.3) is 0 Å². The molecule has 2 N–H and O–H groups in total. The number of halogens is 2. The van der Waals surface area contributed by atoms with Crippen LogP contribution < -0.4 is 9.46 Å². The number of hydrogen-bond acceptors (Lipinski definition) is 4. The van der Waals surface area contributed by atoms with E-state index in [1.165, 1.54) is 0 Å². The van der Waals surface area contributed by atoms with Crippen molar-refractivity contribution in [3.63, 3.8) is 0 Å². The molecular formula is C23H27Cl2NO3S. The summed E-state index contributed by atoms with van der Waals surface area (Å²) in [5, 5.41) is 10.5. The maximum absolute atomic E-state index is 12.8. The second kappa shape index (κ2) is 10.1. The summed E-state index contributed by atoms with van der Waals surface area (Å²) in [5.74, 6) is 0.0150. The molecule has 2 atom stereocenters. The normalized spacial score (nSPS) is 14.7. The number of para-hydroxylation sites is 1.